The van der Waals surface area contributed by atoms with Gasteiger partial charge in [0, 0.05) is 34.2 Å². The fourth-order valence-electron chi connectivity index (χ4n) is 9.46. The Balaban J connectivity index is 0.966. The summed E-state index contributed by atoms with van der Waals surface area (Å²) in [6.07, 6.45) is 6.80. The first-order chi connectivity index (χ1) is 24.4. The summed E-state index contributed by atoms with van der Waals surface area (Å²) in [4.78, 5) is 14.4. The first-order valence-electron chi connectivity index (χ1n) is 18.4. The molecule has 5 aliphatic rings. The van der Waals surface area contributed by atoms with Gasteiger partial charge in [-0.2, -0.15) is 0 Å². The molecule has 0 unspecified atom stereocenters. The predicted octanol–water partition coefficient (Wildman–Crippen LogP) is 9.20. The molecule has 4 aromatic carbocycles. The monoisotopic (exact) mass is 688 g/mol. The fourth-order valence-corrected chi connectivity index (χ4v) is 10.6. The van der Waals surface area contributed by atoms with Crippen LogP contribution in [0.1, 0.15) is 80.1 Å². The zero-order valence-corrected chi connectivity index (χ0v) is 29.6. The number of urea groups is 1. The molecule has 4 saturated carbocycles. The molecule has 0 radical (unpaired) electrons. The number of rotatable bonds is 10. The highest BCUT2D eigenvalue weighted by molar-refractivity contribution is 7.99. The molecule has 4 bridgehead atoms. The summed E-state index contributed by atoms with van der Waals surface area (Å²) in [5.41, 5.74) is 6.17. The summed E-state index contributed by atoms with van der Waals surface area (Å²) in [7, 11) is 0. The van der Waals surface area contributed by atoms with E-state index < -0.39 is 6.29 Å². The molecule has 4 aliphatic carbocycles. The van der Waals surface area contributed by atoms with Crippen molar-refractivity contribution in [3.63, 3.8) is 0 Å². The molecule has 1 saturated heterocycles. The second-order valence-corrected chi connectivity index (χ2v) is 16.4. The van der Waals surface area contributed by atoms with Gasteiger partial charge in [0.2, 0.25) is 0 Å². The maximum atomic E-state index is 13.2. The molecule has 9 rings (SSSR count). The van der Waals surface area contributed by atoms with Crippen LogP contribution in [0, 0.1) is 23.7 Å². The van der Waals surface area contributed by atoms with Crippen molar-refractivity contribution in [2.75, 3.05) is 5.75 Å². The summed E-state index contributed by atoms with van der Waals surface area (Å²) in [5.74, 6) is 3.32. The number of benzene rings is 4. The van der Waals surface area contributed by atoms with E-state index in [9.17, 15) is 9.90 Å². The minimum Gasteiger partial charge on any atom is -0.392 e. The molecule has 260 valence electrons. The van der Waals surface area contributed by atoms with Crippen LogP contribution >= 0.6 is 11.8 Å². The number of carbonyl (C=O) groups excluding carboxylic acids is 1. The zero-order valence-electron chi connectivity index (χ0n) is 28.8. The molecule has 0 aromatic heterocycles. The van der Waals surface area contributed by atoms with Crippen molar-refractivity contribution < 1.29 is 19.4 Å². The third kappa shape index (κ3) is 7.38. The normalized spacial score (nSPS) is 29.8. The summed E-state index contributed by atoms with van der Waals surface area (Å²) in [5, 5.41) is 16.2. The van der Waals surface area contributed by atoms with E-state index >= 15 is 0 Å². The number of thioether (sulfide) groups is 1. The smallest absolute Gasteiger partial charge is 0.315 e. The maximum Gasteiger partial charge on any atom is 0.315 e. The number of nitrogens with one attached hydrogen (secondary N) is 2. The van der Waals surface area contributed by atoms with E-state index in [1.165, 1.54) is 24.2 Å². The minimum atomic E-state index is -0.534. The Morgan fingerprint density at radius 3 is 2.16 bits per heavy atom. The number of carbonyl (C=O) groups is 1. The van der Waals surface area contributed by atoms with Gasteiger partial charge in [-0.15, -0.1) is 11.8 Å². The van der Waals surface area contributed by atoms with E-state index in [0.29, 0.717) is 6.54 Å². The summed E-state index contributed by atoms with van der Waals surface area (Å²) in [6, 6.07) is 35.4. The zero-order chi connectivity index (χ0) is 34.1. The number of hydrogen-bond acceptors (Lipinski definition) is 5. The quantitative estimate of drug-likeness (QED) is 0.145. The van der Waals surface area contributed by atoms with Gasteiger partial charge < -0.3 is 25.2 Å². The van der Waals surface area contributed by atoms with E-state index in [2.05, 4.69) is 102 Å². The lowest BCUT2D eigenvalue weighted by Crippen LogP contribution is -2.61. The average Bonchev–Trinajstić information content (AvgIpc) is 3.13. The lowest BCUT2D eigenvalue weighted by molar-refractivity contribution is -0.268. The van der Waals surface area contributed by atoms with E-state index in [0.717, 1.165) is 76.1 Å². The van der Waals surface area contributed by atoms with Gasteiger partial charge in [-0.1, -0.05) is 85.8 Å². The van der Waals surface area contributed by atoms with Crippen LogP contribution < -0.4 is 10.6 Å². The van der Waals surface area contributed by atoms with Crippen LogP contribution in [0.3, 0.4) is 0 Å². The molecule has 4 aromatic rings. The van der Waals surface area contributed by atoms with Crippen LogP contribution in [0.2, 0.25) is 0 Å². The van der Waals surface area contributed by atoms with Crippen molar-refractivity contribution in [1.29, 1.82) is 0 Å². The van der Waals surface area contributed by atoms with Gasteiger partial charge in [-0.05, 0) is 108 Å². The van der Waals surface area contributed by atoms with Gasteiger partial charge >= 0.3 is 6.03 Å². The molecule has 50 heavy (non-hydrogen) atoms. The second kappa shape index (κ2) is 14.5. The molecule has 6 nitrogen and oxygen atoms in total. The van der Waals surface area contributed by atoms with Crippen LogP contribution in [-0.2, 0) is 22.6 Å². The van der Waals surface area contributed by atoms with Gasteiger partial charge in [0.05, 0.1) is 18.8 Å². The van der Waals surface area contributed by atoms with Crippen molar-refractivity contribution >= 4 is 17.8 Å². The van der Waals surface area contributed by atoms with E-state index in [-0.39, 0.29) is 36.3 Å². The van der Waals surface area contributed by atoms with Crippen molar-refractivity contribution in [2.45, 2.75) is 87.5 Å². The Morgan fingerprint density at radius 1 is 0.780 bits per heavy atom. The maximum absolute atomic E-state index is 13.2. The molecular formula is C43H48N2O4S. The molecule has 1 aliphatic heterocycles. The van der Waals surface area contributed by atoms with Crippen LogP contribution in [0.25, 0.3) is 11.1 Å². The van der Waals surface area contributed by atoms with Gasteiger partial charge in [0.1, 0.15) is 0 Å². The predicted molar refractivity (Wildman–Crippen MR) is 198 cm³/mol. The second-order valence-electron chi connectivity index (χ2n) is 15.3. The molecule has 2 amide bonds. The number of aliphatic hydroxyl groups excluding tert-OH is 1. The highest BCUT2D eigenvalue weighted by Gasteiger charge is 2.51. The summed E-state index contributed by atoms with van der Waals surface area (Å²) >= 11 is 1.81. The Morgan fingerprint density at radius 2 is 1.46 bits per heavy atom. The fraction of sp³-hybridized carbons (Fsp3) is 0.419. The molecule has 7 heteroatoms. The molecule has 3 N–H and O–H groups in total. The van der Waals surface area contributed by atoms with Crippen LogP contribution in [0.4, 0.5) is 4.79 Å². The average molecular weight is 689 g/mol. The Bertz CT molecular complexity index is 1740. The number of hydrogen-bond donors (Lipinski definition) is 3. The lowest BCUT2D eigenvalue weighted by atomic mass is 9.53. The molecule has 0 spiro atoms. The Labute approximate surface area is 300 Å². The third-order valence-electron chi connectivity index (χ3n) is 11.6. The van der Waals surface area contributed by atoms with Crippen LogP contribution in [-0.4, -0.2) is 28.5 Å². The standard InChI is InChI=1S/C43H48N2O4S/c1-28-39(27-50-38-11-3-2-4-12-38)48-41(49-40(28)34-15-13-29(26-46)14-16-34)37-10-6-9-36(21-37)35-8-5-7-30(20-35)25-44-42(47)45-43-22-31-17-32(23-43)19-33(18-31)24-43/h2-16,20-21,28,31-33,39-41,46H,17-19,22-27H2,1H3,(H2,44,45,47)/t28-,31?,32?,33?,39+,40+,41+,43?/m0/s1. The highest BCUT2D eigenvalue weighted by atomic mass is 32.2. The van der Waals surface area contributed by atoms with Crippen molar-refractivity contribution in [3.8, 4) is 11.1 Å². The Kier molecular flexibility index (Phi) is 9.75. The first-order valence-corrected chi connectivity index (χ1v) is 19.3. The molecular weight excluding hydrogens is 641 g/mol. The summed E-state index contributed by atoms with van der Waals surface area (Å²) < 4.78 is 13.5. The van der Waals surface area contributed by atoms with Gasteiger partial charge in [0.25, 0.3) is 0 Å². The topological polar surface area (TPSA) is 79.8 Å². The summed E-state index contributed by atoms with van der Waals surface area (Å²) in [6.45, 7) is 2.70. The van der Waals surface area contributed by atoms with E-state index in [1.54, 1.807) is 11.8 Å². The van der Waals surface area contributed by atoms with E-state index in [4.69, 9.17) is 9.47 Å². The van der Waals surface area contributed by atoms with Gasteiger partial charge in [0.15, 0.2) is 6.29 Å². The largest absolute Gasteiger partial charge is 0.392 e. The van der Waals surface area contributed by atoms with Crippen LogP contribution in [0.5, 0.6) is 0 Å². The third-order valence-corrected chi connectivity index (χ3v) is 12.7. The highest BCUT2D eigenvalue weighted by Crippen LogP contribution is 2.55. The molecule has 1 heterocycles. The molecule has 5 fully saturated rings. The minimum absolute atomic E-state index is 0.00328. The lowest BCUT2D eigenvalue weighted by Gasteiger charge is -2.56. The van der Waals surface area contributed by atoms with Crippen molar-refractivity contribution in [2.24, 2.45) is 23.7 Å². The van der Waals surface area contributed by atoms with E-state index in [1.807, 2.05) is 18.2 Å². The number of aliphatic hydroxyl groups is 1. The number of amides is 2. The van der Waals surface area contributed by atoms with Crippen molar-refractivity contribution in [3.05, 3.63) is 125 Å². The first kappa shape index (κ1) is 33.5. The number of ether oxygens (including phenoxy) is 2. The van der Waals surface area contributed by atoms with Gasteiger partial charge in [-0.25, -0.2) is 4.79 Å². The SMILES string of the molecule is C[C@H]1[C@@H](CSc2ccccc2)O[C@@H](c2cccc(-c3cccc(CNC(=O)NC45CC6CC(CC(C6)C4)C5)c3)c2)O[C@H]1c1ccc(CO)cc1. The van der Waals surface area contributed by atoms with Crippen molar-refractivity contribution in [1.82, 2.24) is 10.6 Å². The molecule has 4 atom stereocenters. The van der Waals surface area contributed by atoms with Crippen LogP contribution in [0.15, 0.2) is 108 Å². The van der Waals surface area contributed by atoms with Gasteiger partial charge in [-0.3, -0.25) is 0 Å². The Hall–Kier alpha value is -3.62.